The molecule has 1 fully saturated rings. The number of esters is 2. The fourth-order valence-electron chi connectivity index (χ4n) is 2.82. The molecule has 0 radical (unpaired) electrons. The predicted octanol–water partition coefficient (Wildman–Crippen LogP) is 1.74. The number of carbonyl (C=O) groups excluding carboxylic acids is 3. The summed E-state index contributed by atoms with van der Waals surface area (Å²) in [6.45, 7) is 6.95. The topological polar surface area (TPSA) is 142 Å². The van der Waals surface area contributed by atoms with Crippen molar-refractivity contribution in [3.8, 4) is 0 Å². The van der Waals surface area contributed by atoms with Crippen LogP contribution in [0.15, 0.2) is 5.51 Å². The molecule has 0 aliphatic carbocycles. The average Bonchev–Trinajstić information content (AvgIpc) is 3.14. The van der Waals surface area contributed by atoms with Crippen LogP contribution in [0, 0.1) is 12.3 Å². The first-order valence-electron chi connectivity index (χ1n) is 10.1. The molecule has 1 aliphatic heterocycles. The summed E-state index contributed by atoms with van der Waals surface area (Å²) in [4.78, 5) is 41.3. The highest BCUT2D eigenvalue weighted by Gasteiger charge is 2.49. The van der Waals surface area contributed by atoms with Gasteiger partial charge in [0, 0.05) is 23.3 Å². The van der Waals surface area contributed by atoms with Crippen LogP contribution in [-0.4, -0.2) is 61.8 Å². The van der Waals surface area contributed by atoms with Gasteiger partial charge < -0.3 is 14.8 Å². The Balaban J connectivity index is 1.90. The van der Waals surface area contributed by atoms with E-state index in [1.54, 1.807) is 19.4 Å². The van der Waals surface area contributed by atoms with Crippen molar-refractivity contribution in [3.63, 3.8) is 0 Å². The number of ether oxygens (including phenoxy) is 2. The summed E-state index contributed by atoms with van der Waals surface area (Å²) in [5.41, 5.74) is 1.83. The Hall–Kier alpha value is -1.85. The van der Waals surface area contributed by atoms with Crippen molar-refractivity contribution < 1.29 is 37.5 Å². The second kappa shape index (κ2) is 11.3. The Bertz CT molecular complexity index is 875. The van der Waals surface area contributed by atoms with Gasteiger partial charge in [0.15, 0.2) is 6.10 Å². The molecule has 180 valence electrons. The molecule has 13 heteroatoms. The second-order valence-corrected chi connectivity index (χ2v) is 10.7. The van der Waals surface area contributed by atoms with Crippen molar-refractivity contribution >= 4 is 36.9 Å². The maximum Gasteiger partial charge on any atom is 0.407 e. The van der Waals surface area contributed by atoms with Gasteiger partial charge >= 0.3 is 19.7 Å². The highest BCUT2D eigenvalue weighted by Crippen LogP contribution is 2.53. The molecular formula is C19H30N3O8PS. The normalized spacial score (nSPS) is 23.2. The Morgan fingerprint density at radius 2 is 2.12 bits per heavy atom. The van der Waals surface area contributed by atoms with Crippen LogP contribution in [0.25, 0.3) is 0 Å². The first kappa shape index (κ1) is 26.4. The summed E-state index contributed by atoms with van der Waals surface area (Å²) in [6.07, 6.45) is -0.599. The lowest BCUT2D eigenvalue weighted by Gasteiger charge is -2.40. The summed E-state index contributed by atoms with van der Waals surface area (Å²) in [6, 6.07) is -0.993. The molecule has 0 bridgehead atoms. The number of nitrogens with one attached hydrogen (secondary N) is 2. The number of methoxy groups -OCH3 is 1. The van der Waals surface area contributed by atoms with Crippen LogP contribution in [0.2, 0.25) is 0 Å². The Morgan fingerprint density at radius 1 is 1.41 bits per heavy atom. The van der Waals surface area contributed by atoms with Gasteiger partial charge in [0.2, 0.25) is 5.91 Å². The minimum Gasteiger partial charge on any atom is -0.469 e. The molecule has 0 aromatic carbocycles. The van der Waals surface area contributed by atoms with E-state index >= 15 is 0 Å². The molecule has 0 saturated carbocycles. The third kappa shape index (κ3) is 7.35. The van der Waals surface area contributed by atoms with Gasteiger partial charge in [0.25, 0.3) is 0 Å². The maximum atomic E-state index is 13.1. The van der Waals surface area contributed by atoms with Crippen LogP contribution in [0.3, 0.4) is 0 Å². The average molecular weight is 492 g/mol. The molecule has 1 aromatic rings. The molecule has 1 aromatic heterocycles. The van der Waals surface area contributed by atoms with Gasteiger partial charge in [-0.25, -0.2) is 14.6 Å². The number of nitrogens with zero attached hydrogens (tertiary/aromatic N) is 1. The van der Waals surface area contributed by atoms with E-state index in [0.717, 1.165) is 10.6 Å². The predicted molar refractivity (Wildman–Crippen MR) is 116 cm³/mol. The fourth-order valence-corrected chi connectivity index (χ4v) is 5.52. The number of carbonyl (C=O) groups is 3. The Labute approximate surface area is 191 Å². The van der Waals surface area contributed by atoms with Crippen LogP contribution in [-0.2, 0) is 43.9 Å². The van der Waals surface area contributed by atoms with E-state index < -0.39 is 43.2 Å². The quantitative estimate of drug-likeness (QED) is 0.367. The monoisotopic (exact) mass is 491 g/mol. The van der Waals surface area contributed by atoms with Crippen molar-refractivity contribution in [1.29, 1.82) is 0 Å². The molecule has 32 heavy (non-hydrogen) atoms. The van der Waals surface area contributed by atoms with Crippen LogP contribution in [0.4, 0.5) is 0 Å². The van der Waals surface area contributed by atoms with E-state index in [9.17, 15) is 18.9 Å². The standard InChI is InChI=1S/C19H30N3O8PS/c1-12-14(32-11-21-12)7-9-28-18(25)13(2)22-31(26)29-10-19(3,4)16(30-31)17(24)20-8-6-15(23)27-5/h11,13,16H,6-10H2,1-5H3,(H,20,24)(H,22,26)/t13-,16+,31?/m1/s1. The molecule has 1 amide bonds. The van der Waals surface area contributed by atoms with Crippen molar-refractivity contribution in [2.75, 3.05) is 26.9 Å². The third-order valence-electron chi connectivity index (χ3n) is 4.78. The van der Waals surface area contributed by atoms with Gasteiger partial charge in [-0.15, -0.1) is 11.3 Å². The zero-order valence-electron chi connectivity index (χ0n) is 18.8. The van der Waals surface area contributed by atoms with Gasteiger partial charge in [-0.3, -0.25) is 23.4 Å². The molecule has 2 heterocycles. The highest BCUT2D eigenvalue weighted by atomic mass is 32.1. The molecule has 11 nitrogen and oxygen atoms in total. The van der Waals surface area contributed by atoms with Crippen LogP contribution >= 0.6 is 19.1 Å². The van der Waals surface area contributed by atoms with Crippen molar-refractivity contribution in [2.24, 2.45) is 5.41 Å². The number of thiazole rings is 1. The lowest BCUT2D eigenvalue weighted by molar-refractivity contribution is -0.145. The molecule has 2 rings (SSSR count). The van der Waals surface area contributed by atoms with E-state index in [1.807, 2.05) is 6.92 Å². The van der Waals surface area contributed by atoms with Gasteiger partial charge in [0.05, 0.1) is 37.9 Å². The first-order valence-corrected chi connectivity index (χ1v) is 12.5. The number of hydrogen-bond acceptors (Lipinski definition) is 10. The van der Waals surface area contributed by atoms with E-state index in [-0.39, 0.29) is 26.2 Å². The molecule has 1 saturated heterocycles. The van der Waals surface area contributed by atoms with Crippen LogP contribution < -0.4 is 10.4 Å². The lowest BCUT2D eigenvalue weighted by Crippen LogP contribution is -2.51. The lowest BCUT2D eigenvalue weighted by atomic mass is 9.87. The summed E-state index contributed by atoms with van der Waals surface area (Å²) in [7, 11) is -2.72. The summed E-state index contributed by atoms with van der Waals surface area (Å²) in [5, 5.41) is 5.10. The minimum atomic E-state index is -3.97. The molecule has 0 spiro atoms. The van der Waals surface area contributed by atoms with Crippen molar-refractivity contribution in [3.05, 3.63) is 16.1 Å². The number of amides is 1. The number of aromatic nitrogens is 1. The molecule has 2 N–H and O–H groups in total. The fraction of sp³-hybridized carbons (Fsp3) is 0.684. The van der Waals surface area contributed by atoms with Crippen molar-refractivity contribution in [2.45, 2.75) is 52.7 Å². The first-order chi connectivity index (χ1) is 15.0. The Kier molecular flexibility index (Phi) is 9.35. The van der Waals surface area contributed by atoms with Gasteiger partial charge in [-0.05, 0) is 13.8 Å². The van der Waals surface area contributed by atoms with Crippen molar-refractivity contribution in [1.82, 2.24) is 15.4 Å². The van der Waals surface area contributed by atoms with Gasteiger partial charge in [-0.1, -0.05) is 13.8 Å². The van der Waals surface area contributed by atoms with E-state index in [1.165, 1.54) is 25.4 Å². The zero-order chi connectivity index (χ0) is 23.9. The summed E-state index contributed by atoms with van der Waals surface area (Å²) in [5.74, 6) is -1.64. The minimum absolute atomic E-state index is 0.00820. The van der Waals surface area contributed by atoms with Crippen LogP contribution in [0.1, 0.15) is 37.8 Å². The number of rotatable bonds is 10. The molecule has 1 aliphatic rings. The molecular weight excluding hydrogens is 461 g/mol. The van der Waals surface area contributed by atoms with E-state index in [0.29, 0.717) is 6.42 Å². The van der Waals surface area contributed by atoms with Gasteiger partial charge in [0.1, 0.15) is 6.04 Å². The summed E-state index contributed by atoms with van der Waals surface area (Å²) >= 11 is 1.48. The smallest absolute Gasteiger partial charge is 0.407 e. The SMILES string of the molecule is COC(=O)CCNC(=O)[C@@H]1OP(=O)(N[C@H](C)C(=O)OCCc2scnc2C)OCC1(C)C. The van der Waals surface area contributed by atoms with Crippen LogP contribution in [0.5, 0.6) is 0 Å². The summed E-state index contributed by atoms with van der Waals surface area (Å²) < 4.78 is 33.7. The molecule has 3 atom stereocenters. The van der Waals surface area contributed by atoms with E-state index in [4.69, 9.17) is 13.8 Å². The molecule has 1 unspecified atom stereocenters. The van der Waals surface area contributed by atoms with E-state index in [2.05, 4.69) is 20.1 Å². The number of hydrogen-bond donors (Lipinski definition) is 2. The number of aryl methyl sites for hydroxylation is 1. The Morgan fingerprint density at radius 3 is 2.75 bits per heavy atom. The second-order valence-electron chi connectivity index (χ2n) is 7.99. The highest BCUT2D eigenvalue weighted by molar-refractivity contribution is 7.51. The largest absolute Gasteiger partial charge is 0.469 e. The maximum absolute atomic E-state index is 13.1. The van der Waals surface area contributed by atoms with Gasteiger partial charge in [-0.2, -0.15) is 0 Å². The zero-order valence-corrected chi connectivity index (χ0v) is 20.5. The third-order valence-corrected chi connectivity index (χ3v) is 7.43.